The Hall–Kier alpha value is -4.42. The number of ether oxygens (including phenoxy) is 2. The summed E-state index contributed by atoms with van der Waals surface area (Å²) in [5.41, 5.74) is 2.54. The Morgan fingerprint density at radius 1 is 1.07 bits per heavy atom. The average Bonchev–Trinajstić information content (AvgIpc) is 3.56. The second kappa shape index (κ2) is 11.0. The standard InChI is InChI=1S/C28H26N4O6S2/c1-36-23-12-11-17(16-21(23)31-40(3,34)35)32-26(25(30-28(32)39)20-10-6-7-15-29-20)24-14-13-22(38-24)18-8-4-5-9-19(18)27(33)37-2/h4-16,25-26,31H,1-3H3,(H,30,39)/t25-,26-/m1/s1. The normalized spacial score (nSPS) is 16.9. The number of carbonyl (C=O) groups excluding carboxylic acids is 1. The van der Waals surface area contributed by atoms with Crippen LogP contribution in [0.25, 0.3) is 11.3 Å². The highest BCUT2D eigenvalue weighted by atomic mass is 32.2. The molecule has 1 fully saturated rings. The van der Waals surface area contributed by atoms with E-state index in [1.54, 1.807) is 48.7 Å². The number of carbonyl (C=O) groups is 1. The largest absolute Gasteiger partial charge is 0.495 e. The van der Waals surface area contributed by atoms with Crippen LogP contribution in [0.5, 0.6) is 5.75 Å². The summed E-state index contributed by atoms with van der Waals surface area (Å²) in [7, 11) is -0.799. The summed E-state index contributed by atoms with van der Waals surface area (Å²) in [5.74, 6) is 0.896. The maximum absolute atomic E-state index is 12.4. The maximum atomic E-state index is 12.4. The van der Waals surface area contributed by atoms with Gasteiger partial charge in [-0.15, -0.1) is 0 Å². The number of esters is 1. The van der Waals surface area contributed by atoms with Gasteiger partial charge < -0.3 is 24.1 Å². The van der Waals surface area contributed by atoms with E-state index < -0.39 is 28.1 Å². The number of hydrogen-bond acceptors (Lipinski definition) is 8. The van der Waals surface area contributed by atoms with Gasteiger partial charge in [0.15, 0.2) is 5.11 Å². The van der Waals surface area contributed by atoms with E-state index in [1.165, 1.54) is 14.2 Å². The smallest absolute Gasteiger partial charge is 0.338 e. The molecule has 2 aromatic carbocycles. The van der Waals surface area contributed by atoms with Crippen molar-refractivity contribution < 1.29 is 27.1 Å². The van der Waals surface area contributed by atoms with Crippen molar-refractivity contribution in [1.82, 2.24) is 10.3 Å². The molecule has 0 amide bonds. The van der Waals surface area contributed by atoms with Crippen LogP contribution in [0.15, 0.2) is 83.4 Å². The minimum Gasteiger partial charge on any atom is -0.495 e. The van der Waals surface area contributed by atoms with E-state index >= 15 is 0 Å². The van der Waals surface area contributed by atoms with Crippen LogP contribution < -0.4 is 19.7 Å². The van der Waals surface area contributed by atoms with Crippen molar-refractivity contribution >= 4 is 44.7 Å². The lowest BCUT2D eigenvalue weighted by Crippen LogP contribution is -2.29. The summed E-state index contributed by atoms with van der Waals surface area (Å²) in [5, 5.41) is 3.73. The van der Waals surface area contributed by atoms with E-state index in [4.69, 9.17) is 26.1 Å². The van der Waals surface area contributed by atoms with Crippen molar-refractivity contribution in [3.8, 4) is 17.1 Å². The molecule has 1 saturated heterocycles. The molecule has 0 bridgehead atoms. The number of benzene rings is 2. The molecule has 0 radical (unpaired) electrons. The number of nitrogens with one attached hydrogen (secondary N) is 2. The first-order chi connectivity index (χ1) is 19.2. The third kappa shape index (κ3) is 5.36. The van der Waals surface area contributed by atoms with E-state index in [0.29, 0.717) is 39.2 Å². The number of pyridine rings is 1. The molecule has 1 aliphatic heterocycles. The quantitative estimate of drug-likeness (QED) is 0.225. The summed E-state index contributed by atoms with van der Waals surface area (Å²) in [6.07, 6.45) is 2.76. The van der Waals surface area contributed by atoms with Gasteiger partial charge in [-0.3, -0.25) is 9.71 Å². The van der Waals surface area contributed by atoms with Crippen LogP contribution in [0.3, 0.4) is 0 Å². The number of rotatable bonds is 8. The molecule has 10 nitrogen and oxygen atoms in total. The second-order valence-corrected chi connectivity index (χ2v) is 11.1. The van der Waals surface area contributed by atoms with Gasteiger partial charge in [-0.05, 0) is 60.7 Å². The fourth-order valence-corrected chi connectivity index (χ4v) is 5.59. The number of furan rings is 1. The van der Waals surface area contributed by atoms with Crippen LogP contribution >= 0.6 is 12.2 Å². The van der Waals surface area contributed by atoms with E-state index in [-0.39, 0.29) is 5.69 Å². The van der Waals surface area contributed by atoms with E-state index in [9.17, 15) is 13.2 Å². The molecule has 206 valence electrons. The molecule has 40 heavy (non-hydrogen) atoms. The number of hydrogen-bond donors (Lipinski definition) is 2. The predicted molar refractivity (Wildman–Crippen MR) is 155 cm³/mol. The maximum Gasteiger partial charge on any atom is 0.338 e. The van der Waals surface area contributed by atoms with Gasteiger partial charge in [0.05, 0.1) is 43.5 Å². The molecule has 2 aromatic heterocycles. The highest BCUT2D eigenvalue weighted by Crippen LogP contribution is 2.44. The molecular weight excluding hydrogens is 552 g/mol. The third-order valence-corrected chi connectivity index (χ3v) is 7.28. The van der Waals surface area contributed by atoms with Gasteiger partial charge in [-0.25, -0.2) is 13.2 Å². The van der Waals surface area contributed by atoms with Crippen LogP contribution in [0.4, 0.5) is 11.4 Å². The van der Waals surface area contributed by atoms with Crippen LogP contribution in [0.2, 0.25) is 0 Å². The number of anilines is 2. The van der Waals surface area contributed by atoms with Crippen molar-refractivity contribution in [2.75, 3.05) is 30.1 Å². The Bertz CT molecular complexity index is 1670. The van der Waals surface area contributed by atoms with Crippen molar-refractivity contribution in [3.05, 3.63) is 96.0 Å². The van der Waals surface area contributed by atoms with Gasteiger partial charge in [0, 0.05) is 17.4 Å². The SMILES string of the molecule is COC(=O)c1ccccc1-c1ccc([C@@H]2[C@@H](c3ccccn3)NC(=S)N2c2ccc(OC)c(NS(C)(=O)=O)c2)o1. The first kappa shape index (κ1) is 27.2. The molecule has 2 N–H and O–H groups in total. The second-order valence-electron chi connectivity index (χ2n) is 8.99. The Kier molecular flexibility index (Phi) is 7.46. The molecule has 0 unspecified atom stereocenters. The van der Waals surface area contributed by atoms with Crippen LogP contribution in [-0.4, -0.2) is 45.0 Å². The van der Waals surface area contributed by atoms with Crippen LogP contribution in [0, 0.1) is 0 Å². The zero-order valence-electron chi connectivity index (χ0n) is 21.8. The topological polar surface area (TPSA) is 123 Å². The third-order valence-electron chi connectivity index (χ3n) is 6.37. The first-order valence-corrected chi connectivity index (χ1v) is 14.4. The Morgan fingerprint density at radius 3 is 2.55 bits per heavy atom. The monoisotopic (exact) mass is 578 g/mol. The lowest BCUT2D eigenvalue weighted by molar-refractivity contribution is 0.0601. The molecule has 5 rings (SSSR count). The molecule has 0 spiro atoms. The Balaban J connectivity index is 1.63. The van der Waals surface area contributed by atoms with Crippen molar-refractivity contribution in [3.63, 3.8) is 0 Å². The van der Waals surface area contributed by atoms with Gasteiger partial charge in [0.25, 0.3) is 0 Å². The molecule has 3 heterocycles. The summed E-state index contributed by atoms with van der Waals surface area (Å²) < 4.78 is 43.3. The molecule has 1 aliphatic rings. The summed E-state index contributed by atoms with van der Waals surface area (Å²) in [6.45, 7) is 0. The number of nitrogens with zero attached hydrogens (tertiary/aromatic N) is 2. The Morgan fingerprint density at radius 2 is 1.85 bits per heavy atom. The molecule has 4 aromatic rings. The highest BCUT2D eigenvalue weighted by Gasteiger charge is 2.43. The Labute approximate surface area is 237 Å². The zero-order chi connectivity index (χ0) is 28.4. The lowest BCUT2D eigenvalue weighted by Gasteiger charge is -2.27. The van der Waals surface area contributed by atoms with Gasteiger partial charge in [-0.2, -0.15) is 0 Å². The van der Waals surface area contributed by atoms with Crippen LogP contribution in [-0.2, 0) is 14.8 Å². The van der Waals surface area contributed by atoms with E-state index in [2.05, 4.69) is 15.0 Å². The number of aromatic nitrogens is 1. The summed E-state index contributed by atoms with van der Waals surface area (Å²) >= 11 is 5.78. The van der Waals surface area contributed by atoms with Gasteiger partial charge in [-0.1, -0.05) is 24.3 Å². The molecule has 2 atom stereocenters. The summed E-state index contributed by atoms with van der Waals surface area (Å²) in [6, 6.07) is 20.4. The molecule has 0 aliphatic carbocycles. The molecule has 0 saturated carbocycles. The fourth-order valence-electron chi connectivity index (χ4n) is 4.69. The van der Waals surface area contributed by atoms with Gasteiger partial charge in [0.1, 0.15) is 23.3 Å². The predicted octanol–water partition coefficient (Wildman–Crippen LogP) is 4.69. The first-order valence-electron chi connectivity index (χ1n) is 12.1. The fraction of sp³-hybridized carbons (Fsp3) is 0.179. The zero-order valence-corrected chi connectivity index (χ0v) is 23.5. The minimum atomic E-state index is -3.59. The average molecular weight is 579 g/mol. The minimum absolute atomic E-state index is 0.262. The summed E-state index contributed by atoms with van der Waals surface area (Å²) in [4.78, 5) is 18.8. The molecular formula is C28H26N4O6S2. The number of sulfonamides is 1. The van der Waals surface area contributed by atoms with E-state index in [1.807, 2.05) is 35.2 Å². The lowest BCUT2D eigenvalue weighted by atomic mass is 10.0. The van der Waals surface area contributed by atoms with Crippen molar-refractivity contribution in [1.29, 1.82) is 0 Å². The van der Waals surface area contributed by atoms with Crippen molar-refractivity contribution in [2.45, 2.75) is 12.1 Å². The highest BCUT2D eigenvalue weighted by molar-refractivity contribution is 7.92. The van der Waals surface area contributed by atoms with Gasteiger partial charge >= 0.3 is 5.97 Å². The number of thiocarbonyl (C=S) groups is 1. The van der Waals surface area contributed by atoms with Crippen LogP contribution in [0.1, 0.15) is 33.9 Å². The van der Waals surface area contributed by atoms with Gasteiger partial charge in [0.2, 0.25) is 10.0 Å². The van der Waals surface area contributed by atoms with Crippen molar-refractivity contribution in [2.24, 2.45) is 0 Å². The number of methoxy groups -OCH3 is 2. The molecule has 12 heteroatoms. The van der Waals surface area contributed by atoms with E-state index in [0.717, 1.165) is 11.9 Å².